The van der Waals surface area contributed by atoms with E-state index in [4.69, 9.17) is 9.15 Å². The maximum absolute atomic E-state index is 14.4. The Morgan fingerprint density at radius 3 is 2.57 bits per heavy atom. The van der Waals surface area contributed by atoms with Crippen LogP contribution in [0.25, 0.3) is 11.3 Å². The molecule has 2 heterocycles. The van der Waals surface area contributed by atoms with Crippen molar-refractivity contribution in [1.29, 1.82) is 0 Å². The zero-order chi connectivity index (χ0) is 19.6. The summed E-state index contributed by atoms with van der Waals surface area (Å²) in [6.07, 6.45) is 4.30. The van der Waals surface area contributed by atoms with Crippen LogP contribution in [-0.4, -0.2) is 18.4 Å². The lowest BCUT2D eigenvalue weighted by molar-refractivity contribution is 0.441. The van der Waals surface area contributed by atoms with Crippen molar-refractivity contribution in [3.05, 3.63) is 72.5 Å². The molecule has 4 rings (SSSR count). The number of ether oxygens (including phenoxy) is 1. The number of sulfonamides is 1. The SMILES string of the molecule is O=S(=O)(Nc1nccs1)c1ccc(Oc2ccc(-c3cocn3)cc2)c(F)c1. The molecule has 0 aliphatic rings. The van der Waals surface area contributed by atoms with Gasteiger partial charge in [-0.05, 0) is 42.5 Å². The molecule has 0 saturated heterocycles. The van der Waals surface area contributed by atoms with E-state index in [-0.39, 0.29) is 15.8 Å². The first-order valence-corrected chi connectivity index (χ1v) is 10.3. The third-order valence-electron chi connectivity index (χ3n) is 3.68. The van der Waals surface area contributed by atoms with Gasteiger partial charge in [-0.15, -0.1) is 11.3 Å². The third-order valence-corrected chi connectivity index (χ3v) is 5.83. The molecule has 0 aliphatic heterocycles. The summed E-state index contributed by atoms with van der Waals surface area (Å²) in [7, 11) is -3.94. The number of nitrogens with one attached hydrogen (secondary N) is 1. The highest BCUT2D eigenvalue weighted by Gasteiger charge is 2.18. The van der Waals surface area contributed by atoms with Gasteiger partial charge in [0.25, 0.3) is 10.0 Å². The molecular weight excluding hydrogens is 405 g/mol. The summed E-state index contributed by atoms with van der Waals surface area (Å²) in [5.41, 5.74) is 1.48. The number of anilines is 1. The Morgan fingerprint density at radius 1 is 1.11 bits per heavy atom. The molecule has 0 radical (unpaired) electrons. The minimum absolute atomic E-state index is 0.0950. The number of hydrogen-bond acceptors (Lipinski definition) is 7. The number of benzene rings is 2. The van der Waals surface area contributed by atoms with Gasteiger partial charge in [-0.1, -0.05) is 0 Å². The molecule has 10 heteroatoms. The predicted molar refractivity (Wildman–Crippen MR) is 101 cm³/mol. The summed E-state index contributed by atoms with van der Waals surface area (Å²) in [4.78, 5) is 7.66. The van der Waals surface area contributed by atoms with Gasteiger partial charge in [0.05, 0.1) is 4.90 Å². The summed E-state index contributed by atoms with van der Waals surface area (Å²) in [5, 5.41) is 1.83. The van der Waals surface area contributed by atoms with E-state index in [0.717, 1.165) is 23.0 Å². The van der Waals surface area contributed by atoms with Crippen LogP contribution < -0.4 is 9.46 Å². The third kappa shape index (κ3) is 3.87. The fourth-order valence-corrected chi connectivity index (χ4v) is 4.16. The quantitative estimate of drug-likeness (QED) is 0.495. The van der Waals surface area contributed by atoms with Crippen LogP contribution >= 0.6 is 11.3 Å². The van der Waals surface area contributed by atoms with Crippen LogP contribution in [0.1, 0.15) is 0 Å². The molecule has 2 aromatic carbocycles. The Morgan fingerprint density at radius 2 is 1.93 bits per heavy atom. The Balaban J connectivity index is 1.52. The topological polar surface area (TPSA) is 94.3 Å². The van der Waals surface area contributed by atoms with Gasteiger partial charge in [0, 0.05) is 17.1 Å². The highest BCUT2D eigenvalue weighted by Crippen LogP contribution is 2.29. The van der Waals surface area contributed by atoms with Crippen LogP contribution in [0.4, 0.5) is 9.52 Å². The molecular formula is C18H12FN3O4S2. The number of rotatable bonds is 6. The Bertz CT molecular complexity index is 1180. The Hall–Kier alpha value is -3.24. The van der Waals surface area contributed by atoms with E-state index in [1.807, 2.05) is 0 Å². The first-order valence-electron chi connectivity index (χ1n) is 7.90. The van der Waals surface area contributed by atoms with E-state index in [2.05, 4.69) is 14.7 Å². The first kappa shape index (κ1) is 18.1. The molecule has 0 spiro atoms. The standard InChI is InChI=1S/C18H12FN3O4S2/c19-15-9-14(28(23,24)22-18-20-7-8-27-18)5-6-17(15)26-13-3-1-12(2-4-13)16-10-25-11-21-16/h1-11H,(H,20,22). The minimum Gasteiger partial charge on any atom is -0.454 e. The van der Waals surface area contributed by atoms with E-state index >= 15 is 0 Å². The highest BCUT2D eigenvalue weighted by atomic mass is 32.2. The van der Waals surface area contributed by atoms with Crippen LogP contribution in [-0.2, 0) is 10.0 Å². The van der Waals surface area contributed by atoms with Gasteiger partial charge in [-0.25, -0.2) is 22.8 Å². The average Bonchev–Trinajstić information content (AvgIpc) is 3.38. The van der Waals surface area contributed by atoms with Gasteiger partial charge in [0.15, 0.2) is 23.1 Å². The zero-order valence-electron chi connectivity index (χ0n) is 14.1. The van der Waals surface area contributed by atoms with Gasteiger partial charge < -0.3 is 9.15 Å². The lowest BCUT2D eigenvalue weighted by Crippen LogP contribution is -2.13. The van der Waals surface area contributed by atoms with E-state index in [0.29, 0.717) is 11.4 Å². The minimum atomic E-state index is -3.94. The second kappa shape index (κ2) is 7.41. The van der Waals surface area contributed by atoms with Crippen molar-refractivity contribution < 1.29 is 22.0 Å². The normalized spacial score (nSPS) is 11.3. The van der Waals surface area contributed by atoms with Crippen molar-refractivity contribution in [3.8, 4) is 22.8 Å². The molecule has 7 nitrogen and oxygen atoms in total. The maximum atomic E-state index is 14.4. The van der Waals surface area contributed by atoms with Crippen LogP contribution in [0.2, 0.25) is 0 Å². The van der Waals surface area contributed by atoms with Crippen LogP contribution in [0.15, 0.2) is 76.0 Å². The molecule has 0 fully saturated rings. The second-order valence-corrected chi connectivity index (χ2v) is 8.11. The van der Waals surface area contributed by atoms with Gasteiger partial charge in [0.1, 0.15) is 17.7 Å². The molecule has 0 unspecified atom stereocenters. The van der Waals surface area contributed by atoms with Gasteiger partial charge in [-0.2, -0.15) is 0 Å². The molecule has 2 aromatic heterocycles. The van der Waals surface area contributed by atoms with Crippen LogP contribution in [0.5, 0.6) is 11.5 Å². The summed E-state index contributed by atoms with van der Waals surface area (Å²) >= 11 is 1.12. The van der Waals surface area contributed by atoms with Gasteiger partial charge in [-0.3, -0.25) is 4.72 Å². The summed E-state index contributed by atoms with van der Waals surface area (Å²) in [6, 6.07) is 10.2. The van der Waals surface area contributed by atoms with E-state index < -0.39 is 15.8 Å². The van der Waals surface area contributed by atoms with Crippen molar-refractivity contribution in [2.24, 2.45) is 0 Å². The molecule has 0 bridgehead atoms. The van der Waals surface area contributed by atoms with Crippen LogP contribution in [0.3, 0.4) is 0 Å². The largest absolute Gasteiger partial charge is 0.454 e. The fraction of sp³-hybridized carbons (Fsp3) is 0. The van der Waals surface area contributed by atoms with E-state index in [1.54, 1.807) is 29.6 Å². The van der Waals surface area contributed by atoms with E-state index in [9.17, 15) is 12.8 Å². The molecule has 142 valence electrons. The van der Waals surface area contributed by atoms with Crippen molar-refractivity contribution in [3.63, 3.8) is 0 Å². The number of nitrogens with zero attached hydrogens (tertiary/aromatic N) is 2. The number of oxazole rings is 1. The fourth-order valence-electron chi connectivity index (χ4n) is 2.36. The van der Waals surface area contributed by atoms with Crippen molar-refractivity contribution >= 4 is 26.5 Å². The summed E-state index contributed by atoms with van der Waals surface area (Å²) in [5.74, 6) is -0.507. The molecule has 0 amide bonds. The Labute approximate surface area is 163 Å². The smallest absolute Gasteiger partial charge is 0.263 e. The molecule has 28 heavy (non-hydrogen) atoms. The molecule has 4 aromatic rings. The highest BCUT2D eigenvalue weighted by molar-refractivity contribution is 7.93. The molecule has 0 aliphatic carbocycles. The van der Waals surface area contributed by atoms with Crippen molar-refractivity contribution in [2.45, 2.75) is 4.90 Å². The summed E-state index contributed by atoms with van der Waals surface area (Å²) in [6.45, 7) is 0. The zero-order valence-corrected chi connectivity index (χ0v) is 15.7. The molecule has 0 atom stereocenters. The molecule has 1 N–H and O–H groups in total. The number of halogens is 1. The first-order chi connectivity index (χ1) is 13.5. The van der Waals surface area contributed by atoms with Crippen LogP contribution in [0, 0.1) is 5.82 Å². The van der Waals surface area contributed by atoms with Gasteiger partial charge in [0.2, 0.25) is 0 Å². The number of thiazole rings is 1. The maximum Gasteiger partial charge on any atom is 0.263 e. The number of hydrogen-bond donors (Lipinski definition) is 1. The average molecular weight is 417 g/mol. The van der Waals surface area contributed by atoms with Crippen molar-refractivity contribution in [1.82, 2.24) is 9.97 Å². The second-order valence-electron chi connectivity index (χ2n) is 5.54. The number of aromatic nitrogens is 2. The lowest BCUT2D eigenvalue weighted by Gasteiger charge is -2.10. The summed E-state index contributed by atoms with van der Waals surface area (Å²) < 4.78 is 51.7. The van der Waals surface area contributed by atoms with E-state index in [1.165, 1.54) is 31.0 Å². The lowest BCUT2D eigenvalue weighted by atomic mass is 10.2. The van der Waals surface area contributed by atoms with Crippen molar-refractivity contribution in [2.75, 3.05) is 4.72 Å². The monoisotopic (exact) mass is 417 g/mol. The predicted octanol–water partition coefficient (Wildman–Crippen LogP) is 4.53. The molecule has 0 saturated carbocycles. The van der Waals surface area contributed by atoms with Gasteiger partial charge >= 0.3 is 0 Å². The Kier molecular flexibility index (Phi) is 4.80.